The van der Waals surface area contributed by atoms with Crippen molar-refractivity contribution in [1.82, 2.24) is 5.32 Å². The summed E-state index contributed by atoms with van der Waals surface area (Å²) in [6.45, 7) is 12.4. The predicted molar refractivity (Wildman–Crippen MR) is 128 cm³/mol. The summed E-state index contributed by atoms with van der Waals surface area (Å²) >= 11 is 0. The lowest BCUT2D eigenvalue weighted by molar-refractivity contribution is -0.125. The number of ether oxygens (including phenoxy) is 2. The second kappa shape index (κ2) is 7.36. The van der Waals surface area contributed by atoms with Gasteiger partial charge in [-0.3, -0.25) is 9.79 Å². The zero-order valence-corrected chi connectivity index (χ0v) is 20.5. The first-order chi connectivity index (χ1) is 14.9. The van der Waals surface area contributed by atoms with E-state index in [1.54, 1.807) is 14.2 Å². The third kappa shape index (κ3) is 3.68. The first-order valence-electron chi connectivity index (χ1n) is 11.2. The van der Waals surface area contributed by atoms with Crippen molar-refractivity contribution in [3.05, 3.63) is 58.1 Å². The van der Waals surface area contributed by atoms with Gasteiger partial charge in [0.15, 0.2) is 11.5 Å². The quantitative estimate of drug-likeness (QED) is 0.765. The van der Waals surface area contributed by atoms with Crippen LogP contribution in [0.25, 0.3) is 0 Å². The zero-order valence-electron chi connectivity index (χ0n) is 20.5. The minimum atomic E-state index is -0.648. The molecule has 0 aliphatic carbocycles. The number of rotatable bonds is 4. The fraction of sp³-hybridized carbons (Fsp3) is 0.481. The maximum atomic E-state index is 12.5. The molecule has 2 aliphatic rings. The van der Waals surface area contributed by atoms with Crippen LogP contribution >= 0.6 is 0 Å². The highest BCUT2D eigenvalue weighted by atomic mass is 16.5. The third-order valence-electron chi connectivity index (χ3n) is 6.55. The first kappa shape index (κ1) is 22.4. The van der Waals surface area contributed by atoms with E-state index < -0.39 is 5.41 Å². The number of methoxy groups -OCH3 is 1. The minimum absolute atomic E-state index is 0.0123. The molecule has 1 amide bonds. The standard InChI is InChI=1S/C27H34N2O3/c1-25(2)14-17-13-20(31-8)23-19(15-26(3,4)32-23)21(17)22(29-25)16-10-9-11-18(12-16)27(5,6)24(30)28-7/h9-13H,14-15H2,1-8H3,(H,28,30). The van der Waals surface area contributed by atoms with Crippen LogP contribution in [0.5, 0.6) is 11.5 Å². The van der Waals surface area contributed by atoms with Gasteiger partial charge in [-0.05, 0) is 71.2 Å². The van der Waals surface area contributed by atoms with E-state index in [0.717, 1.165) is 52.3 Å². The number of carbonyl (C=O) groups is 1. The van der Waals surface area contributed by atoms with Crippen LogP contribution in [0.4, 0.5) is 0 Å². The molecule has 2 aliphatic heterocycles. The van der Waals surface area contributed by atoms with Gasteiger partial charge in [-0.2, -0.15) is 0 Å². The van der Waals surface area contributed by atoms with E-state index in [1.807, 2.05) is 26.0 Å². The topological polar surface area (TPSA) is 59.9 Å². The van der Waals surface area contributed by atoms with Gasteiger partial charge in [0.25, 0.3) is 0 Å². The van der Waals surface area contributed by atoms with Gasteiger partial charge in [-0.15, -0.1) is 0 Å². The number of likely N-dealkylation sites (N-methyl/N-ethyl adjacent to an activating group) is 1. The molecule has 5 heteroatoms. The SMILES string of the molecule is CNC(=O)C(C)(C)c1cccc(C2=NC(C)(C)Cc3cc(OC)c4c(c32)CC(C)(C)O4)c1. The Labute approximate surface area is 191 Å². The summed E-state index contributed by atoms with van der Waals surface area (Å²) < 4.78 is 12.0. The number of aliphatic imine (C=N–C) groups is 1. The van der Waals surface area contributed by atoms with Crippen LogP contribution in [0, 0.1) is 0 Å². The monoisotopic (exact) mass is 434 g/mol. The molecule has 0 atom stereocenters. The van der Waals surface area contributed by atoms with Crippen LogP contribution in [0.1, 0.15) is 69.4 Å². The fourth-order valence-corrected chi connectivity index (χ4v) is 4.93. The zero-order chi connectivity index (χ0) is 23.5. The maximum absolute atomic E-state index is 12.5. The number of benzene rings is 2. The van der Waals surface area contributed by atoms with E-state index in [1.165, 1.54) is 5.56 Å². The lowest BCUT2D eigenvalue weighted by Gasteiger charge is -2.31. The minimum Gasteiger partial charge on any atom is -0.493 e. The lowest BCUT2D eigenvalue weighted by atomic mass is 9.79. The molecule has 2 heterocycles. The highest BCUT2D eigenvalue weighted by molar-refractivity contribution is 6.16. The molecule has 170 valence electrons. The van der Waals surface area contributed by atoms with Gasteiger partial charge in [0.1, 0.15) is 5.60 Å². The summed E-state index contributed by atoms with van der Waals surface area (Å²) in [6, 6.07) is 10.3. The molecule has 2 aromatic rings. The van der Waals surface area contributed by atoms with E-state index in [-0.39, 0.29) is 17.0 Å². The number of amides is 1. The molecule has 2 aromatic carbocycles. The Bertz CT molecular complexity index is 1130. The van der Waals surface area contributed by atoms with Crippen molar-refractivity contribution < 1.29 is 14.3 Å². The Kier molecular flexibility index (Phi) is 5.15. The van der Waals surface area contributed by atoms with Crippen molar-refractivity contribution in [3.63, 3.8) is 0 Å². The normalized spacial score (nSPS) is 18.2. The average Bonchev–Trinajstić information content (AvgIpc) is 3.05. The number of nitrogens with zero attached hydrogens (tertiary/aromatic N) is 1. The molecule has 5 nitrogen and oxygen atoms in total. The molecule has 4 rings (SSSR count). The van der Waals surface area contributed by atoms with Crippen molar-refractivity contribution in [3.8, 4) is 11.5 Å². The van der Waals surface area contributed by atoms with Crippen LogP contribution in [-0.2, 0) is 23.1 Å². The van der Waals surface area contributed by atoms with Crippen molar-refractivity contribution >= 4 is 11.6 Å². The largest absolute Gasteiger partial charge is 0.493 e. The van der Waals surface area contributed by atoms with E-state index in [9.17, 15) is 4.79 Å². The summed E-state index contributed by atoms with van der Waals surface area (Å²) in [5, 5.41) is 2.79. The Morgan fingerprint density at radius 3 is 2.53 bits per heavy atom. The van der Waals surface area contributed by atoms with Crippen molar-refractivity contribution in [2.24, 2.45) is 4.99 Å². The van der Waals surface area contributed by atoms with E-state index in [0.29, 0.717) is 0 Å². The second-order valence-corrected chi connectivity index (χ2v) is 10.7. The number of carbonyl (C=O) groups excluding carboxylic acids is 1. The Morgan fingerprint density at radius 1 is 1.16 bits per heavy atom. The second-order valence-electron chi connectivity index (χ2n) is 10.7. The third-order valence-corrected chi connectivity index (χ3v) is 6.55. The summed E-state index contributed by atoms with van der Waals surface area (Å²) in [4.78, 5) is 17.8. The number of hydrogen-bond donors (Lipinski definition) is 1. The van der Waals surface area contributed by atoms with Crippen molar-refractivity contribution in [2.45, 2.75) is 70.9 Å². The van der Waals surface area contributed by atoms with Gasteiger partial charge in [-0.25, -0.2) is 0 Å². The fourth-order valence-electron chi connectivity index (χ4n) is 4.93. The molecule has 0 bridgehead atoms. The average molecular weight is 435 g/mol. The molecule has 0 spiro atoms. The number of nitrogens with one attached hydrogen (secondary N) is 1. The molecule has 0 aromatic heterocycles. The Hall–Kier alpha value is -2.82. The number of fused-ring (bicyclic) bond motifs is 3. The smallest absolute Gasteiger partial charge is 0.229 e. The Morgan fingerprint density at radius 2 is 1.88 bits per heavy atom. The summed E-state index contributed by atoms with van der Waals surface area (Å²) in [7, 11) is 3.38. The van der Waals surface area contributed by atoms with E-state index in [2.05, 4.69) is 51.2 Å². The van der Waals surface area contributed by atoms with Crippen LogP contribution in [-0.4, -0.2) is 36.9 Å². The summed E-state index contributed by atoms with van der Waals surface area (Å²) in [6.07, 6.45) is 1.63. The van der Waals surface area contributed by atoms with Crippen molar-refractivity contribution in [2.75, 3.05) is 14.2 Å². The molecular formula is C27H34N2O3. The van der Waals surface area contributed by atoms with Gasteiger partial charge in [0, 0.05) is 30.2 Å². The molecule has 0 radical (unpaired) electrons. The van der Waals surface area contributed by atoms with Gasteiger partial charge < -0.3 is 14.8 Å². The molecule has 0 unspecified atom stereocenters. The first-order valence-corrected chi connectivity index (χ1v) is 11.2. The molecule has 1 N–H and O–H groups in total. The maximum Gasteiger partial charge on any atom is 0.229 e. The summed E-state index contributed by atoms with van der Waals surface area (Å²) in [5.74, 6) is 1.60. The lowest BCUT2D eigenvalue weighted by Crippen LogP contribution is -2.38. The predicted octanol–water partition coefficient (Wildman–Crippen LogP) is 4.60. The van der Waals surface area contributed by atoms with Crippen LogP contribution in [0.15, 0.2) is 35.3 Å². The molecule has 0 saturated heterocycles. The highest BCUT2D eigenvalue weighted by Gasteiger charge is 2.40. The molecule has 0 saturated carbocycles. The molecule has 0 fully saturated rings. The van der Waals surface area contributed by atoms with Crippen LogP contribution < -0.4 is 14.8 Å². The molecule has 32 heavy (non-hydrogen) atoms. The van der Waals surface area contributed by atoms with Crippen LogP contribution in [0.3, 0.4) is 0 Å². The van der Waals surface area contributed by atoms with Gasteiger partial charge in [0.05, 0.1) is 23.8 Å². The van der Waals surface area contributed by atoms with E-state index in [4.69, 9.17) is 14.5 Å². The van der Waals surface area contributed by atoms with Crippen LogP contribution in [0.2, 0.25) is 0 Å². The van der Waals surface area contributed by atoms with Crippen molar-refractivity contribution in [1.29, 1.82) is 0 Å². The van der Waals surface area contributed by atoms with Gasteiger partial charge in [0.2, 0.25) is 5.91 Å². The van der Waals surface area contributed by atoms with E-state index >= 15 is 0 Å². The highest BCUT2D eigenvalue weighted by Crippen LogP contribution is 2.48. The number of hydrogen-bond acceptors (Lipinski definition) is 4. The van der Waals surface area contributed by atoms with Gasteiger partial charge >= 0.3 is 0 Å². The van der Waals surface area contributed by atoms with Gasteiger partial charge in [-0.1, -0.05) is 18.2 Å². The summed E-state index contributed by atoms with van der Waals surface area (Å²) in [5.41, 5.74) is 5.29. The molecular weight excluding hydrogens is 400 g/mol. The Balaban J connectivity index is 1.93.